The van der Waals surface area contributed by atoms with Crippen LogP contribution in [-0.2, 0) is 19.1 Å². The fourth-order valence-electron chi connectivity index (χ4n) is 2.39. The molecule has 2 rings (SSSR count). The number of ether oxygens (including phenoxy) is 1. The molecule has 6 heteroatoms. The fourth-order valence-corrected chi connectivity index (χ4v) is 2.39. The predicted octanol–water partition coefficient (Wildman–Crippen LogP) is 3.00. The highest BCUT2D eigenvalue weighted by atomic mass is 16.5. The lowest BCUT2D eigenvalue weighted by Gasteiger charge is -2.13. The highest BCUT2D eigenvalue weighted by Gasteiger charge is 2.17. The highest BCUT2D eigenvalue weighted by Crippen LogP contribution is 2.17. The second-order valence-electron chi connectivity index (χ2n) is 6.38. The molecule has 2 aromatic carbocycles. The molecule has 0 aromatic heterocycles. The van der Waals surface area contributed by atoms with Gasteiger partial charge >= 0.3 is 5.97 Å². The number of aryl methyl sites for hydroxylation is 1. The van der Waals surface area contributed by atoms with Gasteiger partial charge in [-0.3, -0.25) is 9.59 Å². The van der Waals surface area contributed by atoms with Gasteiger partial charge in [-0.25, -0.2) is 4.79 Å². The van der Waals surface area contributed by atoms with E-state index in [-0.39, 0.29) is 0 Å². The summed E-state index contributed by atoms with van der Waals surface area (Å²) in [5.41, 5.74) is 3.55. The van der Waals surface area contributed by atoms with E-state index in [0.29, 0.717) is 5.69 Å². The first kappa shape index (κ1) is 20.9. The lowest BCUT2D eigenvalue weighted by Crippen LogP contribution is -2.39. The van der Waals surface area contributed by atoms with E-state index in [1.807, 2.05) is 56.3 Å². The third-order valence-electron chi connectivity index (χ3n) is 4.16. The van der Waals surface area contributed by atoms with Crippen LogP contribution in [0.25, 0.3) is 6.08 Å². The molecule has 0 radical (unpaired) electrons. The molecule has 6 nitrogen and oxygen atoms in total. The topological polar surface area (TPSA) is 84.5 Å². The van der Waals surface area contributed by atoms with Crippen molar-refractivity contribution in [1.29, 1.82) is 0 Å². The molecule has 0 saturated heterocycles. The van der Waals surface area contributed by atoms with E-state index in [2.05, 4.69) is 10.6 Å². The molecule has 146 valence electrons. The summed E-state index contributed by atoms with van der Waals surface area (Å²) in [7, 11) is 0. The Morgan fingerprint density at radius 3 is 2.46 bits per heavy atom. The first-order chi connectivity index (χ1) is 13.4. The molecule has 0 spiro atoms. The average Bonchev–Trinajstić information content (AvgIpc) is 2.68. The van der Waals surface area contributed by atoms with Gasteiger partial charge in [0.2, 0.25) is 5.91 Å². The molecule has 2 aromatic rings. The number of anilines is 1. The van der Waals surface area contributed by atoms with Gasteiger partial charge in [0.15, 0.2) is 6.61 Å². The summed E-state index contributed by atoms with van der Waals surface area (Å²) in [6, 6.07) is 14.0. The summed E-state index contributed by atoms with van der Waals surface area (Å²) in [5, 5.41) is 5.22. The third-order valence-corrected chi connectivity index (χ3v) is 4.16. The smallest absolute Gasteiger partial charge is 0.328 e. The molecule has 0 fully saturated rings. The number of hydrogen-bond acceptors (Lipinski definition) is 4. The molecule has 28 heavy (non-hydrogen) atoms. The summed E-state index contributed by atoms with van der Waals surface area (Å²) in [5.74, 6) is -1.55. The normalized spacial score (nSPS) is 11.7. The van der Waals surface area contributed by atoms with E-state index in [1.165, 1.54) is 13.0 Å². The van der Waals surface area contributed by atoms with Gasteiger partial charge in [0.25, 0.3) is 5.91 Å². The number of carbonyl (C=O) groups excluding carboxylic acids is 3. The van der Waals surface area contributed by atoms with Gasteiger partial charge in [-0.2, -0.15) is 0 Å². The summed E-state index contributed by atoms with van der Waals surface area (Å²) in [6.07, 6.45) is 2.98. The minimum atomic E-state index is -0.874. The van der Waals surface area contributed by atoms with E-state index >= 15 is 0 Å². The van der Waals surface area contributed by atoms with Crippen molar-refractivity contribution < 1.29 is 19.1 Å². The van der Waals surface area contributed by atoms with Crippen molar-refractivity contribution in [2.75, 3.05) is 11.9 Å². The van der Waals surface area contributed by atoms with Crippen LogP contribution in [0.4, 0.5) is 5.69 Å². The Morgan fingerprint density at radius 1 is 1.04 bits per heavy atom. The van der Waals surface area contributed by atoms with Gasteiger partial charge in [-0.05, 0) is 49.6 Å². The van der Waals surface area contributed by atoms with E-state index in [4.69, 9.17) is 4.74 Å². The van der Waals surface area contributed by atoms with E-state index in [9.17, 15) is 14.4 Å². The maximum absolute atomic E-state index is 12.0. The molecule has 0 heterocycles. The standard InChI is InChI=1S/C22H24N2O4/c1-15-8-7-11-19(16(15)2)24-21(26)14-28-22(27)17(3)23-20(25)13-12-18-9-5-4-6-10-18/h4-13,17H,14H2,1-3H3,(H,23,25)(H,24,26)/b13-12+/t17-/m0/s1. The second kappa shape index (κ2) is 10.1. The molecular weight excluding hydrogens is 356 g/mol. The van der Waals surface area contributed by atoms with Crippen molar-refractivity contribution in [2.24, 2.45) is 0 Å². The zero-order valence-electron chi connectivity index (χ0n) is 16.2. The Balaban J connectivity index is 1.78. The van der Waals surface area contributed by atoms with Crippen molar-refractivity contribution in [3.05, 3.63) is 71.3 Å². The molecule has 0 aliphatic carbocycles. The highest BCUT2D eigenvalue weighted by molar-refractivity contribution is 5.96. The summed E-state index contributed by atoms with van der Waals surface area (Å²) in [6.45, 7) is 4.92. The van der Waals surface area contributed by atoms with Crippen molar-refractivity contribution >= 4 is 29.5 Å². The van der Waals surface area contributed by atoms with Crippen LogP contribution in [0.1, 0.15) is 23.6 Å². The maximum Gasteiger partial charge on any atom is 0.328 e. The predicted molar refractivity (Wildman–Crippen MR) is 109 cm³/mol. The Labute approximate surface area is 164 Å². The Bertz CT molecular complexity index is 875. The maximum atomic E-state index is 12.0. The lowest BCUT2D eigenvalue weighted by atomic mass is 10.1. The van der Waals surface area contributed by atoms with Crippen molar-refractivity contribution in [1.82, 2.24) is 5.32 Å². The van der Waals surface area contributed by atoms with Crippen LogP contribution in [0.3, 0.4) is 0 Å². The first-order valence-corrected chi connectivity index (χ1v) is 8.93. The van der Waals surface area contributed by atoms with Crippen molar-refractivity contribution in [3.8, 4) is 0 Å². The van der Waals surface area contributed by atoms with Crippen LogP contribution in [0.15, 0.2) is 54.6 Å². The largest absolute Gasteiger partial charge is 0.454 e. The van der Waals surface area contributed by atoms with Crippen LogP contribution >= 0.6 is 0 Å². The molecule has 0 saturated carbocycles. The third kappa shape index (κ3) is 6.39. The first-order valence-electron chi connectivity index (χ1n) is 8.93. The van der Waals surface area contributed by atoms with Crippen LogP contribution in [0.2, 0.25) is 0 Å². The van der Waals surface area contributed by atoms with Gasteiger partial charge in [0.1, 0.15) is 6.04 Å². The Morgan fingerprint density at radius 2 is 1.75 bits per heavy atom. The van der Waals surface area contributed by atoms with Crippen LogP contribution in [0.5, 0.6) is 0 Å². The van der Waals surface area contributed by atoms with Gasteiger partial charge in [0, 0.05) is 11.8 Å². The molecule has 2 amide bonds. The monoisotopic (exact) mass is 380 g/mol. The molecule has 0 bridgehead atoms. The van der Waals surface area contributed by atoms with Gasteiger partial charge in [-0.15, -0.1) is 0 Å². The molecule has 0 unspecified atom stereocenters. The fraction of sp³-hybridized carbons (Fsp3) is 0.227. The second-order valence-corrected chi connectivity index (χ2v) is 6.38. The van der Waals surface area contributed by atoms with Crippen molar-refractivity contribution in [3.63, 3.8) is 0 Å². The van der Waals surface area contributed by atoms with E-state index in [1.54, 1.807) is 12.1 Å². The minimum absolute atomic E-state index is 0.423. The van der Waals surface area contributed by atoms with Gasteiger partial charge in [0.05, 0.1) is 0 Å². The number of carbonyl (C=O) groups is 3. The summed E-state index contributed by atoms with van der Waals surface area (Å²) < 4.78 is 4.98. The lowest BCUT2D eigenvalue weighted by molar-refractivity contribution is -0.149. The van der Waals surface area contributed by atoms with Crippen LogP contribution in [-0.4, -0.2) is 30.4 Å². The summed E-state index contributed by atoms with van der Waals surface area (Å²) >= 11 is 0. The van der Waals surface area contributed by atoms with Gasteiger partial charge < -0.3 is 15.4 Å². The molecule has 0 aliphatic rings. The SMILES string of the molecule is Cc1cccc(NC(=O)COC(=O)[C@H](C)NC(=O)/C=C/c2ccccc2)c1C. The summed E-state index contributed by atoms with van der Waals surface area (Å²) in [4.78, 5) is 35.9. The molecular formula is C22H24N2O4. The Hall–Kier alpha value is -3.41. The zero-order valence-corrected chi connectivity index (χ0v) is 16.2. The number of hydrogen-bond donors (Lipinski definition) is 2. The van der Waals surface area contributed by atoms with E-state index < -0.39 is 30.4 Å². The molecule has 0 aliphatic heterocycles. The minimum Gasteiger partial charge on any atom is -0.454 e. The van der Waals surface area contributed by atoms with Gasteiger partial charge in [-0.1, -0.05) is 42.5 Å². The number of rotatable bonds is 7. The van der Waals surface area contributed by atoms with E-state index in [0.717, 1.165) is 16.7 Å². The zero-order chi connectivity index (χ0) is 20.5. The van der Waals surface area contributed by atoms with Crippen LogP contribution < -0.4 is 10.6 Å². The number of amides is 2. The Kier molecular flexibility index (Phi) is 7.51. The van der Waals surface area contributed by atoms with Crippen molar-refractivity contribution in [2.45, 2.75) is 26.8 Å². The number of esters is 1. The quantitative estimate of drug-likeness (QED) is 0.571. The molecule has 2 N–H and O–H groups in total. The van der Waals surface area contributed by atoms with Crippen LogP contribution in [0, 0.1) is 13.8 Å². The number of benzene rings is 2. The average molecular weight is 380 g/mol. The number of nitrogens with one attached hydrogen (secondary N) is 2. The molecule has 1 atom stereocenters.